The number of anilines is 1. The van der Waals surface area contributed by atoms with Crippen molar-refractivity contribution >= 4 is 27.5 Å². The van der Waals surface area contributed by atoms with Gasteiger partial charge in [-0.15, -0.1) is 4.83 Å². The molecule has 1 aromatic heterocycles. The lowest BCUT2D eigenvalue weighted by Crippen LogP contribution is -2.41. The molecule has 3 rings (SSSR count). The molecule has 0 saturated heterocycles. The summed E-state index contributed by atoms with van der Waals surface area (Å²) in [5.41, 5.74) is 4.26. The minimum atomic E-state index is -4.30. The topological polar surface area (TPSA) is 134 Å². The largest absolute Gasteiger partial charge is 0.381 e. The molecule has 0 radical (unpaired) electrons. The lowest BCUT2D eigenvalue weighted by atomic mass is 10.1. The van der Waals surface area contributed by atoms with Gasteiger partial charge in [-0.05, 0) is 48.9 Å². The molecular formula is C22H23FN6O4S. The highest BCUT2D eigenvalue weighted by atomic mass is 32.2. The van der Waals surface area contributed by atoms with Gasteiger partial charge in [0.1, 0.15) is 10.7 Å². The lowest BCUT2D eigenvalue weighted by Gasteiger charge is -2.11. The zero-order chi connectivity index (χ0) is 24.7. The second kappa shape index (κ2) is 10.7. The van der Waals surface area contributed by atoms with Crippen molar-refractivity contribution in [1.82, 2.24) is 25.4 Å². The van der Waals surface area contributed by atoms with Gasteiger partial charge in [0.15, 0.2) is 0 Å². The van der Waals surface area contributed by atoms with Crippen molar-refractivity contribution in [3.63, 3.8) is 0 Å². The molecule has 2 amide bonds. The van der Waals surface area contributed by atoms with E-state index in [0.29, 0.717) is 24.5 Å². The minimum Gasteiger partial charge on any atom is -0.381 e. The van der Waals surface area contributed by atoms with Crippen molar-refractivity contribution < 1.29 is 22.4 Å². The summed E-state index contributed by atoms with van der Waals surface area (Å²) in [6.07, 6.45) is 4.47. The Labute approximate surface area is 195 Å². The molecule has 0 bridgehead atoms. The molecule has 4 N–H and O–H groups in total. The second-order valence-electron chi connectivity index (χ2n) is 7.14. The number of sulfonamides is 1. The highest BCUT2D eigenvalue weighted by Gasteiger charge is 2.20. The lowest BCUT2D eigenvalue weighted by molar-refractivity contribution is -0.116. The number of nitrogens with zero attached hydrogens (tertiary/aromatic N) is 2. The van der Waals surface area contributed by atoms with Gasteiger partial charge in [0.05, 0.1) is 23.8 Å². The number of halogens is 1. The summed E-state index contributed by atoms with van der Waals surface area (Å²) in [5.74, 6) is -1.93. The average Bonchev–Trinajstić information content (AvgIpc) is 3.29. The third-order valence-corrected chi connectivity index (χ3v) is 5.82. The van der Waals surface area contributed by atoms with Crippen LogP contribution < -0.4 is 20.9 Å². The van der Waals surface area contributed by atoms with Gasteiger partial charge < -0.3 is 10.6 Å². The van der Waals surface area contributed by atoms with Crippen LogP contribution in [0.15, 0.2) is 72.4 Å². The van der Waals surface area contributed by atoms with Gasteiger partial charge in [-0.1, -0.05) is 18.7 Å². The first-order chi connectivity index (χ1) is 16.2. The Bertz CT molecular complexity index is 1320. The van der Waals surface area contributed by atoms with Crippen LogP contribution >= 0.6 is 0 Å². The molecule has 178 valence electrons. The van der Waals surface area contributed by atoms with E-state index in [1.54, 1.807) is 31.5 Å². The van der Waals surface area contributed by atoms with Crippen molar-refractivity contribution in [1.29, 1.82) is 0 Å². The number of hydrogen-bond donors (Lipinski definition) is 4. The Morgan fingerprint density at radius 3 is 2.68 bits per heavy atom. The van der Waals surface area contributed by atoms with Crippen molar-refractivity contribution in [2.45, 2.75) is 11.8 Å². The third-order valence-electron chi connectivity index (χ3n) is 4.54. The van der Waals surface area contributed by atoms with Crippen LogP contribution in [0.2, 0.25) is 0 Å². The Morgan fingerprint density at radius 2 is 1.94 bits per heavy atom. The molecule has 12 heteroatoms. The molecule has 1 heterocycles. The van der Waals surface area contributed by atoms with E-state index in [1.807, 2.05) is 4.83 Å². The fourth-order valence-corrected chi connectivity index (χ4v) is 3.87. The number of nitrogens with one attached hydrogen (secondary N) is 4. The van der Waals surface area contributed by atoms with E-state index in [1.165, 1.54) is 29.0 Å². The number of aryl methyl sites for hydroxylation is 1. The minimum absolute atomic E-state index is 0.170. The Balaban J connectivity index is 1.67. The van der Waals surface area contributed by atoms with Gasteiger partial charge >= 0.3 is 0 Å². The quantitative estimate of drug-likeness (QED) is 0.196. The first-order valence-corrected chi connectivity index (χ1v) is 11.6. The number of hydrogen-bond acceptors (Lipinski definition) is 6. The van der Waals surface area contributed by atoms with Crippen LogP contribution in [0.4, 0.5) is 10.1 Å². The SMILES string of the molecule is C=CC(=O)NCCNc1cnn(-c2cc(C)cc(C(=O)NNS(=O)(=O)c3ccccc3F)c2)c1. The Morgan fingerprint density at radius 1 is 1.18 bits per heavy atom. The molecule has 3 aromatic rings. The van der Waals surface area contributed by atoms with Crippen LogP contribution in [-0.2, 0) is 14.8 Å². The number of carbonyl (C=O) groups excluding carboxylic acids is 2. The number of aromatic nitrogens is 2. The fourth-order valence-electron chi connectivity index (χ4n) is 2.95. The summed E-state index contributed by atoms with van der Waals surface area (Å²) in [7, 11) is -4.30. The third kappa shape index (κ3) is 6.27. The van der Waals surface area contributed by atoms with E-state index in [9.17, 15) is 22.4 Å². The van der Waals surface area contributed by atoms with Crippen LogP contribution in [0.5, 0.6) is 0 Å². The molecule has 0 unspecified atom stereocenters. The maximum absolute atomic E-state index is 13.8. The highest BCUT2D eigenvalue weighted by Crippen LogP contribution is 2.17. The van der Waals surface area contributed by atoms with Crippen molar-refractivity contribution in [3.8, 4) is 5.69 Å². The van der Waals surface area contributed by atoms with Crippen LogP contribution in [0.3, 0.4) is 0 Å². The highest BCUT2D eigenvalue weighted by molar-refractivity contribution is 7.89. The van der Waals surface area contributed by atoms with E-state index in [-0.39, 0.29) is 11.5 Å². The number of hydrazine groups is 1. The number of carbonyl (C=O) groups is 2. The van der Waals surface area contributed by atoms with Crippen LogP contribution in [-0.4, -0.2) is 43.1 Å². The fraction of sp³-hybridized carbons (Fsp3) is 0.136. The summed E-state index contributed by atoms with van der Waals surface area (Å²) in [4.78, 5) is 25.1. The number of amides is 2. The van der Waals surface area contributed by atoms with Crippen LogP contribution in [0, 0.1) is 12.7 Å². The average molecular weight is 487 g/mol. The van der Waals surface area contributed by atoms with Gasteiger partial charge in [-0.25, -0.2) is 17.5 Å². The monoisotopic (exact) mass is 486 g/mol. The van der Waals surface area contributed by atoms with E-state index in [0.717, 1.165) is 17.7 Å². The Hall–Kier alpha value is -4.03. The molecule has 0 atom stereocenters. The molecule has 34 heavy (non-hydrogen) atoms. The van der Waals surface area contributed by atoms with E-state index >= 15 is 0 Å². The van der Waals surface area contributed by atoms with Gasteiger partial charge in [0.2, 0.25) is 5.91 Å². The van der Waals surface area contributed by atoms with E-state index < -0.39 is 26.6 Å². The molecule has 0 fully saturated rings. The van der Waals surface area contributed by atoms with Crippen LogP contribution in [0.1, 0.15) is 15.9 Å². The van der Waals surface area contributed by atoms with Gasteiger partial charge in [0, 0.05) is 18.7 Å². The number of rotatable bonds is 10. The maximum atomic E-state index is 13.8. The molecule has 0 spiro atoms. The Kier molecular flexibility index (Phi) is 7.76. The standard InChI is InChI=1S/C22H23FN6O4S/c1-3-21(30)25-9-8-24-17-13-26-29(14-17)18-11-15(2)10-16(12-18)22(31)27-28-34(32,33)20-7-5-4-6-19(20)23/h3-7,10-14,24,28H,1,8-9H2,2H3,(H,25,30)(H,27,31). The molecule has 0 saturated carbocycles. The first-order valence-electron chi connectivity index (χ1n) is 10.1. The van der Waals surface area contributed by atoms with E-state index in [4.69, 9.17) is 0 Å². The molecule has 2 aromatic carbocycles. The summed E-state index contributed by atoms with van der Waals surface area (Å²) < 4.78 is 39.9. The summed E-state index contributed by atoms with van der Waals surface area (Å²) in [6.45, 7) is 6.01. The molecule has 0 aliphatic heterocycles. The van der Waals surface area contributed by atoms with E-state index in [2.05, 4.69) is 27.7 Å². The zero-order valence-corrected chi connectivity index (χ0v) is 19.0. The predicted octanol–water partition coefficient (Wildman–Crippen LogP) is 1.66. The van der Waals surface area contributed by atoms with Crippen molar-refractivity contribution in [3.05, 3.63) is 84.5 Å². The van der Waals surface area contributed by atoms with Gasteiger partial charge in [-0.2, -0.15) is 5.10 Å². The predicted molar refractivity (Wildman–Crippen MR) is 124 cm³/mol. The molecule has 0 aliphatic rings. The smallest absolute Gasteiger partial charge is 0.266 e. The zero-order valence-electron chi connectivity index (χ0n) is 18.2. The summed E-state index contributed by atoms with van der Waals surface area (Å²) in [6, 6.07) is 9.72. The first kappa shape index (κ1) is 24.6. The van der Waals surface area contributed by atoms with Crippen LogP contribution in [0.25, 0.3) is 5.69 Å². The summed E-state index contributed by atoms with van der Waals surface area (Å²) in [5, 5.41) is 10.0. The maximum Gasteiger partial charge on any atom is 0.266 e. The number of benzene rings is 2. The van der Waals surface area contributed by atoms with Gasteiger partial charge in [0.25, 0.3) is 15.9 Å². The summed E-state index contributed by atoms with van der Waals surface area (Å²) >= 11 is 0. The van der Waals surface area contributed by atoms with Gasteiger partial charge in [-0.3, -0.25) is 15.0 Å². The molecular weight excluding hydrogens is 463 g/mol. The second-order valence-corrected chi connectivity index (χ2v) is 8.79. The molecule has 0 aliphatic carbocycles. The van der Waals surface area contributed by atoms with Crippen molar-refractivity contribution in [2.75, 3.05) is 18.4 Å². The molecule has 10 nitrogen and oxygen atoms in total. The van der Waals surface area contributed by atoms with Crippen molar-refractivity contribution in [2.24, 2.45) is 0 Å². The normalized spacial score (nSPS) is 11.0.